The van der Waals surface area contributed by atoms with Crippen LogP contribution < -0.4 is 16.4 Å². The molecule has 0 fully saturated rings. The van der Waals surface area contributed by atoms with Crippen molar-refractivity contribution in [2.45, 2.75) is 6.04 Å². The van der Waals surface area contributed by atoms with E-state index in [2.05, 4.69) is 10.6 Å². The maximum atomic E-state index is 13.0. The molecule has 0 aliphatic carbocycles. The van der Waals surface area contributed by atoms with E-state index in [0.29, 0.717) is 5.56 Å². The molecule has 1 atom stereocenters. The summed E-state index contributed by atoms with van der Waals surface area (Å²) in [5, 5.41) is 16.3. The Morgan fingerprint density at radius 2 is 1.84 bits per heavy atom. The summed E-state index contributed by atoms with van der Waals surface area (Å²) < 4.78 is 13.0. The van der Waals surface area contributed by atoms with Crippen molar-refractivity contribution in [2.75, 3.05) is 12.4 Å². The fraction of sp³-hybridized carbons (Fsp3) is 0.125. The molecule has 25 heavy (non-hydrogen) atoms. The number of nitro benzene ring substituents is 1. The number of nitrogens with one attached hydrogen (secondary N) is 2. The summed E-state index contributed by atoms with van der Waals surface area (Å²) in [4.78, 5) is 33.9. The van der Waals surface area contributed by atoms with E-state index in [-0.39, 0.29) is 11.3 Å². The molecule has 2 rings (SSSR count). The second-order valence-corrected chi connectivity index (χ2v) is 5.10. The first kappa shape index (κ1) is 17.9. The van der Waals surface area contributed by atoms with Gasteiger partial charge in [-0.1, -0.05) is 12.1 Å². The summed E-state index contributed by atoms with van der Waals surface area (Å²) in [5.74, 6) is -1.77. The molecule has 0 aromatic heterocycles. The number of carbonyl (C=O) groups excluding carboxylic acids is 2. The number of hydrogen-bond acceptors (Lipinski definition) is 5. The van der Waals surface area contributed by atoms with Gasteiger partial charge in [-0.3, -0.25) is 19.7 Å². The van der Waals surface area contributed by atoms with Crippen LogP contribution >= 0.6 is 0 Å². The molecule has 0 spiro atoms. The maximum Gasteiger partial charge on any atom is 0.293 e. The van der Waals surface area contributed by atoms with Crippen molar-refractivity contribution >= 4 is 23.2 Å². The Hall–Kier alpha value is -3.49. The smallest absolute Gasteiger partial charge is 0.293 e. The lowest BCUT2D eigenvalue weighted by atomic mass is 10.0. The molecule has 2 amide bonds. The molecule has 9 heteroatoms. The van der Waals surface area contributed by atoms with Crippen molar-refractivity contribution < 1.29 is 18.9 Å². The van der Waals surface area contributed by atoms with E-state index in [9.17, 15) is 24.1 Å². The first-order valence-corrected chi connectivity index (χ1v) is 7.15. The van der Waals surface area contributed by atoms with Gasteiger partial charge in [0.25, 0.3) is 11.6 Å². The molecule has 0 saturated carbocycles. The fourth-order valence-electron chi connectivity index (χ4n) is 2.22. The van der Waals surface area contributed by atoms with Gasteiger partial charge in [0.1, 0.15) is 17.5 Å². The normalized spacial score (nSPS) is 11.4. The van der Waals surface area contributed by atoms with Crippen LogP contribution in [0.3, 0.4) is 0 Å². The first-order valence-electron chi connectivity index (χ1n) is 7.15. The van der Waals surface area contributed by atoms with Crippen molar-refractivity contribution in [3.8, 4) is 0 Å². The molecule has 130 valence electrons. The van der Waals surface area contributed by atoms with Gasteiger partial charge in [0.05, 0.1) is 4.92 Å². The average Bonchev–Trinajstić information content (AvgIpc) is 2.59. The number of benzene rings is 2. The average molecular weight is 346 g/mol. The molecule has 0 aliphatic rings. The van der Waals surface area contributed by atoms with Gasteiger partial charge in [-0.15, -0.1) is 0 Å². The van der Waals surface area contributed by atoms with Crippen molar-refractivity contribution in [3.63, 3.8) is 0 Å². The second kappa shape index (κ2) is 7.39. The summed E-state index contributed by atoms with van der Waals surface area (Å²) >= 11 is 0. The van der Waals surface area contributed by atoms with Crippen molar-refractivity contribution in [1.29, 1.82) is 0 Å². The van der Waals surface area contributed by atoms with E-state index in [1.54, 1.807) is 0 Å². The number of anilines is 1. The summed E-state index contributed by atoms with van der Waals surface area (Å²) in [6.07, 6.45) is 0. The Labute approximate surface area is 142 Å². The van der Waals surface area contributed by atoms with Gasteiger partial charge >= 0.3 is 0 Å². The first-order chi connectivity index (χ1) is 11.8. The third-order valence-corrected chi connectivity index (χ3v) is 3.47. The molecule has 2 aromatic carbocycles. The number of rotatable bonds is 6. The van der Waals surface area contributed by atoms with Gasteiger partial charge in [0.2, 0.25) is 5.91 Å². The zero-order valence-corrected chi connectivity index (χ0v) is 13.2. The summed E-state index contributed by atoms with van der Waals surface area (Å²) in [6.45, 7) is 0. The number of nitro groups is 1. The molecule has 4 N–H and O–H groups in total. The van der Waals surface area contributed by atoms with Gasteiger partial charge in [0, 0.05) is 18.7 Å². The van der Waals surface area contributed by atoms with E-state index in [1.165, 1.54) is 31.3 Å². The monoisotopic (exact) mass is 346 g/mol. The van der Waals surface area contributed by atoms with Crippen molar-refractivity contribution in [1.82, 2.24) is 5.32 Å². The van der Waals surface area contributed by atoms with Crippen LogP contribution in [0.15, 0.2) is 42.5 Å². The van der Waals surface area contributed by atoms with Crippen LogP contribution in [0, 0.1) is 15.9 Å². The lowest BCUT2D eigenvalue weighted by Gasteiger charge is -2.17. The standard InChI is InChI=1S/C16H15FN4O4/c1-19-16(23)10-4-7-12(13(8-10)21(24)25)20-14(15(18)22)9-2-5-11(17)6-3-9/h2-8,14,20H,1H3,(H2,18,22)(H,19,23). The number of hydrogen-bond donors (Lipinski definition) is 3. The highest BCUT2D eigenvalue weighted by atomic mass is 19.1. The summed E-state index contributed by atoms with van der Waals surface area (Å²) in [6, 6.07) is 7.66. The van der Waals surface area contributed by atoms with E-state index in [1.807, 2.05) is 0 Å². The number of nitrogens with two attached hydrogens (primary N) is 1. The second-order valence-electron chi connectivity index (χ2n) is 5.10. The molecule has 0 bridgehead atoms. The third-order valence-electron chi connectivity index (χ3n) is 3.47. The predicted molar refractivity (Wildman–Crippen MR) is 88.4 cm³/mol. The molecule has 0 heterocycles. The minimum absolute atomic E-state index is 0.00535. The zero-order valence-electron chi connectivity index (χ0n) is 13.2. The Bertz CT molecular complexity index is 823. The van der Waals surface area contributed by atoms with Gasteiger partial charge in [-0.25, -0.2) is 4.39 Å². The van der Waals surface area contributed by atoms with Crippen molar-refractivity contribution in [3.05, 3.63) is 69.5 Å². The van der Waals surface area contributed by atoms with Gasteiger partial charge in [-0.2, -0.15) is 0 Å². The number of nitrogens with zero attached hydrogens (tertiary/aromatic N) is 1. The van der Waals surface area contributed by atoms with Crippen LogP contribution in [0.2, 0.25) is 0 Å². The maximum absolute atomic E-state index is 13.0. The molecular formula is C16H15FN4O4. The lowest BCUT2D eigenvalue weighted by Crippen LogP contribution is -2.28. The van der Waals surface area contributed by atoms with Crippen LogP contribution in [-0.2, 0) is 4.79 Å². The third kappa shape index (κ3) is 4.08. The Kier molecular flexibility index (Phi) is 5.28. The highest BCUT2D eigenvalue weighted by Gasteiger charge is 2.23. The molecule has 0 radical (unpaired) electrons. The van der Waals surface area contributed by atoms with Crippen LogP contribution in [0.4, 0.5) is 15.8 Å². The SMILES string of the molecule is CNC(=O)c1ccc(NC(C(N)=O)c2ccc(F)cc2)c([N+](=O)[O-])c1. The largest absolute Gasteiger partial charge is 0.368 e. The minimum Gasteiger partial charge on any atom is -0.368 e. The van der Waals surface area contributed by atoms with E-state index < -0.39 is 34.3 Å². The molecule has 0 aliphatic heterocycles. The summed E-state index contributed by atoms with van der Waals surface area (Å²) in [7, 11) is 1.40. The van der Waals surface area contributed by atoms with Crippen molar-refractivity contribution in [2.24, 2.45) is 5.73 Å². The lowest BCUT2D eigenvalue weighted by molar-refractivity contribution is -0.384. The molecule has 8 nitrogen and oxygen atoms in total. The zero-order chi connectivity index (χ0) is 18.6. The van der Waals surface area contributed by atoms with Crippen LogP contribution in [0.25, 0.3) is 0 Å². The fourth-order valence-corrected chi connectivity index (χ4v) is 2.22. The van der Waals surface area contributed by atoms with Crippen LogP contribution in [0.5, 0.6) is 0 Å². The van der Waals surface area contributed by atoms with Crippen LogP contribution in [-0.4, -0.2) is 23.8 Å². The van der Waals surface area contributed by atoms with E-state index in [0.717, 1.165) is 18.2 Å². The highest BCUT2D eigenvalue weighted by Crippen LogP contribution is 2.29. The van der Waals surface area contributed by atoms with E-state index >= 15 is 0 Å². The number of primary amides is 1. The molecule has 2 aromatic rings. The highest BCUT2D eigenvalue weighted by molar-refractivity contribution is 5.95. The van der Waals surface area contributed by atoms with E-state index in [4.69, 9.17) is 5.73 Å². The minimum atomic E-state index is -1.11. The van der Waals surface area contributed by atoms with Crippen LogP contribution in [0.1, 0.15) is 22.0 Å². The van der Waals surface area contributed by atoms with Gasteiger partial charge in [-0.05, 0) is 29.8 Å². The predicted octanol–water partition coefficient (Wildman–Crippen LogP) is 1.73. The topological polar surface area (TPSA) is 127 Å². The Morgan fingerprint density at radius 3 is 2.36 bits per heavy atom. The Balaban J connectivity index is 2.42. The Morgan fingerprint density at radius 1 is 1.20 bits per heavy atom. The number of halogens is 1. The van der Waals surface area contributed by atoms with Gasteiger partial charge in [0.15, 0.2) is 0 Å². The summed E-state index contributed by atoms with van der Waals surface area (Å²) in [5.41, 5.74) is 5.40. The number of carbonyl (C=O) groups is 2. The molecule has 0 saturated heterocycles. The quantitative estimate of drug-likeness (QED) is 0.542. The molecular weight excluding hydrogens is 331 g/mol. The molecule has 1 unspecified atom stereocenters. The van der Waals surface area contributed by atoms with Gasteiger partial charge < -0.3 is 16.4 Å². The number of amides is 2.